The van der Waals surface area contributed by atoms with Gasteiger partial charge < -0.3 is 15.4 Å². The normalized spacial score (nSPS) is 13.4. The lowest BCUT2D eigenvalue weighted by molar-refractivity contribution is 0.230. The van der Waals surface area contributed by atoms with E-state index in [4.69, 9.17) is 4.74 Å². The van der Waals surface area contributed by atoms with Crippen molar-refractivity contribution in [1.82, 2.24) is 10.6 Å². The molecule has 6 nitrogen and oxygen atoms in total. The maximum atomic E-state index is 12.9. The summed E-state index contributed by atoms with van der Waals surface area (Å²) in [6.07, 6.45) is -0.203. The number of aliphatic imine (C=N–C) groups is 1. The third-order valence-corrected chi connectivity index (χ3v) is 4.85. The van der Waals surface area contributed by atoms with E-state index < -0.39 is 9.84 Å². The molecule has 0 radical (unpaired) electrons. The molecule has 1 aromatic carbocycles. The molecule has 8 heteroatoms. The summed E-state index contributed by atoms with van der Waals surface area (Å²) in [6, 6.07) is 5.81. The van der Waals surface area contributed by atoms with E-state index in [2.05, 4.69) is 15.6 Å². The molecule has 0 aliphatic carbocycles. The lowest BCUT2D eigenvalue weighted by Crippen LogP contribution is -2.40. The molecule has 0 spiro atoms. The quantitative estimate of drug-likeness (QED) is 0.517. The van der Waals surface area contributed by atoms with E-state index in [0.29, 0.717) is 31.3 Å². The molecule has 0 bridgehead atoms. The van der Waals surface area contributed by atoms with Crippen LogP contribution in [0.2, 0.25) is 0 Å². The number of ether oxygens (including phenoxy) is 1. The average Bonchev–Trinajstić information content (AvgIpc) is 2.54. The fraction of sp³-hybridized carbons (Fsp3) is 0.562. The molecule has 1 atom stereocenters. The van der Waals surface area contributed by atoms with Gasteiger partial charge in [0.25, 0.3) is 0 Å². The van der Waals surface area contributed by atoms with Crippen LogP contribution >= 0.6 is 0 Å². The van der Waals surface area contributed by atoms with E-state index in [9.17, 15) is 12.8 Å². The average molecular weight is 359 g/mol. The number of sulfone groups is 1. The molecular weight excluding hydrogens is 333 g/mol. The van der Waals surface area contributed by atoms with E-state index in [0.717, 1.165) is 0 Å². The molecule has 2 N–H and O–H groups in total. The number of hydrogen-bond acceptors (Lipinski definition) is 4. The van der Waals surface area contributed by atoms with Crippen LogP contribution in [0.1, 0.15) is 20.8 Å². The van der Waals surface area contributed by atoms with E-state index >= 15 is 0 Å². The summed E-state index contributed by atoms with van der Waals surface area (Å²) in [6.45, 7) is 6.77. The second kappa shape index (κ2) is 10.1. The molecule has 1 rings (SSSR count). The van der Waals surface area contributed by atoms with Crippen LogP contribution < -0.4 is 15.4 Å². The van der Waals surface area contributed by atoms with Crippen LogP contribution in [0.5, 0.6) is 5.75 Å². The minimum absolute atomic E-state index is 0.0650. The van der Waals surface area contributed by atoms with Crippen molar-refractivity contribution in [3.05, 3.63) is 30.1 Å². The lowest BCUT2D eigenvalue weighted by atomic mass is 10.3. The zero-order valence-corrected chi connectivity index (χ0v) is 15.2. The van der Waals surface area contributed by atoms with E-state index in [1.165, 1.54) is 12.1 Å². The molecule has 0 aliphatic rings. The zero-order valence-electron chi connectivity index (χ0n) is 14.4. The van der Waals surface area contributed by atoms with E-state index in [1.807, 2.05) is 13.8 Å². The molecule has 0 amide bonds. The van der Waals surface area contributed by atoms with Gasteiger partial charge >= 0.3 is 0 Å². The van der Waals surface area contributed by atoms with Gasteiger partial charge in [-0.15, -0.1) is 0 Å². The number of halogens is 1. The summed E-state index contributed by atoms with van der Waals surface area (Å²) in [7, 11) is -3.01. The Hall–Kier alpha value is -1.83. The summed E-state index contributed by atoms with van der Waals surface area (Å²) in [5.41, 5.74) is 0. The highest BCUT2D eigenvalue weighted by Crippen LogP contribution is 2.12. The SMILES string of the molecule is CCNC(=NCC(C)Oc1ccc(F)cc1)NCCS(=O)(=O)CC. The molecule has 136 valence electrons. The third kappa shape index (κ3) is 8.14. The molecular formula is C16H26FN3O3S. The van der Waals surface area contributed by atoms with Crippen molar-refractivity contribution in [2.24, 2.45) is 4.99 Å². The van der Waals surface area contributed by atoms with Crippen molar-refractivity contribution in [2.75, 3.05) is 31.1 Å². The van der Waals surface area contributed by atoms with Crippen molar-refractivity contribution in [3.8, 4) is 5.75 Å². The Morgan fingerprint density at radius 3 is 2.50 bits per heavy atom. The summed E-state index contributed by atoms with van der Waals surface area (Å²) in [5, 5.41) is 6.04. The van der Waals surface area contributed by atoms with Crippen LogP contribution in [-0.2, 0) is 9.84 Å². The third-order valence-electron chi connectivity index (χ3n) is 3.15. The van der Waals surface area contributed by atoms with Crippen molar-refractivity contribution in [3.63, 3.8) is 0 Å². The van der Waals surface area contributed by atoms with Crippen molar-refractivity contribution in [2.45, 2.75) is 26.9 Å². The highest BCUT2D eigenvalue weighted by Gasteiger charge is 2.08. The summed E-state index contributed by atoms with van der Waals surface area (Å²) in [4.78, 5) is 4.37. The number of nitrogens with one attached hydrogen (secondary N) is 2. The largest absolute Gasteiger partial charge is 0.489 e. The standard InChI is InChI=1S/C16H26FN3O3S/c1-4-18-16(19-10-11-24(21,22)5-2)20-12-13(3)23-15-8-6-14(17)7-9-15/h6-9,13H,4-5,10-12H2,1-3H3,(H2,18,19,20). The molecule has 0 saturated carbocycles. The summed E-state index contributed by atoms with van der Waals surface area (Å²) >= 11 is 0. The molecule has 0 aromatic heterocycles. The monoisotopic (exact) mass is 359 g/mol. The first-order chi connectivity index (χ1) is 11.4. The van der Waals surface area contributed by atoms with Crippen LogP contribution in [0.3, 0.4) is 0 Å². The minimum Gasteiger partial charge on any atom is -0.489 e. The zero-order chi connectivity index (χ0) is 18.0. The first kappa shape index (κ1) is 20.2. The molecule has 1 unspecified atom stereocenters. The van der Waals surface area contributed by atoms with Gasteiger partial charge in [0, 0.05) is 18.8 Å². The van der Waals surface area contributed by atoms with Crippen molar-refractivity contribution < 1.29 is 17.5 Å². The van der Waals surface area contributed by atoms with Gasteiger partial charge in [-0.05, 0) is 38.1 Å². The van der Waals surface area contributed by atoms with Gasteiger partial charge in [0.2, 0.25) is 0 Å². The minimum atomic E-state index is -3.01. The van der Waals surface area contributed by atoms with Crippen molar-refractivity contribution in [1.29, 1.82) is 0 Å². The Bertz CT molecular complexity index is 618. The topological polar surface area (TPSA) is 79.8 Å². The number of hydrogen-bond donors (Lipinski definition) is 2. The van der Waals surface area contributed by atoms with Gasteiger partial charge in [-0.1, -0.05) is 6.92 Å². The van der Waals surface area contributed by atoms with Gasteiger partial charge in [-0.25, -0.2) is 17.8 Å². The fourth-order valence-corrected chi connectivity index (χ4v) is 2.52. The highest BCUT2D eigenvalue weighted by atomic mass is 32.2. The Morgan fingerprint density at radius 2 is 1.92 bits per heavy atom. The highest BCUT2D eigenvalue weighted by molar-refractivity contribution is 7.91. The second-order valence-corrected chi connectivity index (χ2v) is 7.74. The molecule has 1 aromatic rings. The van der Waals surface area contributed by atoms with Crippen LogP contribution in [0.4, 0.5) is 4.39 Å². The fourth-order valence-electron chi connectivity index (χ4n) is 1.81. The maximum absolute atomic E-state index is 12.9. The molecule has 0 saturated heterocycles. The summed E-state index contributed by atoms with van der Waals surface area (Å²) in [5.74, 6) is 0.999. The second-order valence-electron chi connectivity index (χ2n) is 5.27. The lowest BCUT2D eigenvalue weighted by Gasteiger charge is -2.15. The van der Waals surface area contributed by atoms with Gasteiger partial charge in [-0.3, -0.25) is 0 Å². The van der Waals surface area contributed by atoms with Crippen LogP contribution in [-0.4, -0.2) is 51.6 Å². The Kier molecular flexibility index (Phi) is 8.53. The molecule has 0 fully saturated rings. The van der Waals surface area contributed by atoms with Gasteiger partial charge in [0.1, 0.15) is 17.7 Å². The maximum Gasteiger partial charge on any atom is 0.191 e. The van der Waals surface area contributed by atoms with Gasteiger partial charge in [-0.2, -0.15) is 0 Å². The van der Waals surface area contributed by atoms with Crippen LogP contribution in [0.25, 0.3) is 0 Å². The number of rotatable bonds is 9. The smallest absolute Gasteiger partial charge is 0.191 e. The van der Waals surface area contributed by atoms with Gasteiger partial charge in [0.05, 0.1) is 12.3 Å². The predicted octanol–water partition coefficient (Wildman–Crippen LogP) is 1.58. The Labute approximate surface area is 143 Å². The van der Waals surface area contributed by atoms with Crippen molar-refractivity contribution >= 4 is 15.8 Å². The molecule has 0 heterocycles. The van der Waals surface area contributed by atoms with Gasteiger partial charge in [0.15, 0.2) is 15.8 Å². The Balaban J connectivity index is 2.50. The number of nitrogens with zero attached hydrogens (tertiary/aromatic N) is 1. The van der Waals surface area contributed by atoms with Crippen LogP contribution in [0.15, 0.2) is 29.3 Å². The summed E-state index contributed by atoms with van der Waals surface area (Å²) < 4.78 is 41.5. The first-order valence-electron chi connectivity index (χ1n) is 8.01. The predicted molar refractivity (Wildman–Crippen MR) is 94.8 cm³/mol. The van der Waals surface area contributed by atoms with Crippen LogP contribution in [0, 0.1) is 5.82 Å². The Morgan fingerprint density at radius 1 is 1.25 bits per heavy atom. The van der Waals surface area contributed by atoms with E-state index in [-0.39, 0.29) is 23.4 Å². The molecule has 24 heavy (non-hydrogen) atoms. The number of benzene rings is 1. The first-order valence-corrected chi connectivity index (χ1v) is 9.83. The number of guanidine groups is 1. The van der Waals surface area contributed by atoms with E-state index in [1.54, 1.807) is 19.1 Å². The molecule has 0 aliphatic heterocycles.